The van der Waals surface area contributed by atoms with E-state index >= 15 is 0 Å². The summed E-state index contributed by atoms with van der Waals surface area (Å²) >= 11 is 0. The number of hydrogen-bond donors (Lipinski definition) is 1. The van der Waals surface area contributed by atoms with Gasteiger partial charge in [0.25, 0.3) is 5.91 Å². The van der Waals surface area contributed by atoms with Crippen molar-refractivity contribution in [2.75, 3.05) is 25.6 Å². The van der Waals surface area contributed by atoms with E-state index in [1.165, 1.54) is 6.07 Å². The fraction of sp³-hybridized carbons (Fsp3) is 0.296. The van der Waals surface area contributed by atoms with Crippen LogP contribution in [-0.2, 0) is 16.1 Å². The van der Waals surface area contributed by atoms with Crippen LogP contribution in [0.15, 0.2) is 65.6 Å². The van der Waals surface area contributed by atoms with Crippen molar-refractivity contribution in [2.24, 2.45) is 0 Å². The number of nitrogens with zero attached hydrogens (tertiary/aromatic N) is 1. The van der Waals surface area contributed by atoms with E-state index < -0.39 is 11.9 Å². The lowest BCUT2D eigenvalue weighted by Crippen LogP contribution is -2.24. The van der Waals surface area contributed by atoms with Crippen LogP contribution in [0, 0.1) is 6.92 Å². The first-order valence-electron chi connectivity index (χ1n) is 11.5. The third-order valence-electron chi connectivity index (χ3n) is 5.14. The van der Waals surface area contributed by atoms with Crippen molar-refractivity contribution in [3.05, 3.63) is 82.3 Å². The number of anilines is 1. The lowest BCUT2D eigenvalue weighted by atomic mass is 10.2. The molecular formula is C27H30N2O7. The first-order chi connectivity index (χ1) is 17.3. The fourth-order valence-electron chi connectivity index (χ4n) is 3.31. The van der Waals surface area contributed by atoms with Crippen molar-refractivity contribution >= 4 is 17.6 Å². The fourth-order valence-corrected chi connectivity index (χ4v) is 3.31. The standard InChI is InChI=1S/C27H30N2O7/c1-18(2)36-27(32)20-5-7-21(8-6-20)28-25(31)17-35-26-19(3)29(14-13-24(26)30)15-16-34-23-11-9-22(33-4)10-12-23/h5-14,18H,15-17H2,1-4H3,(H,28,31). The Balaban J connectivity index is 1.54. The minimum Gasteiger partial charge on any atom is -0.497 e. The highest BCUT2D eigenvalue weighted by Crippen LogP contribution is 2.18. The molecule has 2 aromatic carbocycles. The molecule has 1 amide bonds. The number of amides is 1. The molecule has 0 fully saturated rings. The highest BCUT2D eigenvalue weighted by molar-refractivity contribution is 5.93. The van der Waals surface area contributed by atoms with Crippen LogP contribution in [0.2, 0.25) is 0 Å². The molecular weight excluding hydrogens is 464 g/mol. The number of hydrogen-bond acceptors (Lipinski definition) is 7. The Morgan fingerprint density at radius 2 is 1.61 bits per heavy atom. The Bertz CT molecular complexity index is 1230. The van der Waals surface area contributed by atoms with E-state index in [4.69, 9.17) is 18.9 Å². The molecule has 0 aliphatic carbocycles. The smallest absolute Gasteiger partial charge is 0.338 e. The highest BCUT2D eigenvalue weighted by Gasteiger charge is 2.13. The summed E-state index contributed by atoms with van der Waals surface area (Å²) in [4.78, 5) is 36.6. The van der Waals surface area contributed by atoms with Gasteiger partial charge in [0.2, 0.25) is 5.43 Å². The maximum absolute atomic E-state index is 12.4. The van der Waals surface area contributed by atoms with E-state index in [0.717, 1.165) is 5.75 Å². The van der Waals surface area contributed by atoms with Gasteiger partial charge in [0.05, 0.1) is 31.0 Å². The summed E-state index contributed by atoms with van der Waals surface area (Å²) in [6, 6.07) is 15.0. The Hall–Kier alpha value is -4.27. The topological polar surface area (TPSA) is 105 Å². The number of pyridine rings is 1. The van der Waals surface area contributed by atoms with Crippen LogP contribution in [0.5, 0.6) is 17.2 Å². The predicted octanol–water partition coefficient (Wildman–Crippen LogP) is 3.83. The van der Waals surface area contributed by atoms with E-state index in [2.05, 4.69) is 5.32 Å². The molecule has 0 saturated heterocycles. The zero-order valence-electron chi connectivity index (χ0n) is 20.8. The number of benzene rings is 2. The minimum atomic E-state index is -0.440. The molecule has 0 atom stereocenters. The number of nitrogens with one attached hydrogen (secondary N) is 1. The lowest BCUT2D eigenvalue weighted by Gasteiger charge is -2.15. The maximum atomic E-state index is 12.4. The lowest BCUT2D eigenvalue weighted by molar-refractivity contribution is -0.118. The first-order valence-corrected chi connectivity index (χ1v) is 11.5. The van der Waals surface area contributed by atoms with Gasteiger partial charge in [-0.2, -0.15) is 0 Å². The van der Waals surface area contributed by atoms with Gasteiger partial charge in [0, 0.05) is 18.0 Å². The molecule has 1 heterocycles. The van der Waals surface area contributed by atoms with Gasteiger partial charge >= 0.3 is 5.97 Å². The van der Waals surface area contributed by atoms with Crippen molar-refractivity contribution in [2.45, 2.75) is 33.4 Å². The predicted molar refractivity (Wildman–Crippen MR) is 135 cm³/mol. The third-order valence-corrected chi connectivity index (χ3v) is 5.14. The average Bonchev–Trinajstić information content (AvgIpc) is 2.85. The van der Waals surface area contributed by atoms with E-state index in [0.29, 0.717) is 35.8 Å². The highest BCUT2D eigenvalue weighted by atomic mass is 16.5. The van der Waals surface area contributed by atoms with E-state index in [1.807, 2.05) is 28.8 Å². The summed E-state index contributed by atoms with van der Waals surface area (Å²) in [7, 11) is 1.60. The first kappa shape index (κ1) is 26.3. The number of esters is 1. The van der Waals surface area contributed by atoms with Crippen LogP contribution in [-0.4, -0.2) is 42.9 Å². The molecule has 0 unspecified atom stereocenters. The molecule has 0 aliphatic rings. The molecule has 0 bridgehead atoms. The zero-order chi connectivity index (χ0) is 26.1. The number of carbonyl (C=O) groups excluding carboxylic acids is 2. The van der Waals surface area contributed by atoms with Crippen molar-refractivity contribution in [1.82, 2.24) is 4.57 Å². The summed E-state index contributed by atoms with van der Waals surface area (Å²) in [6.45, 7) is 5.79. The normalized spacial score (nSPS) is 10.6. The largest absolute Gasteiger partial charge is 0.497 e. The molecule has 3 aromatic rings. The van der Waals surface area contributed by atoms with Gasteiger partial charge in [-0.3, -0.25) is 9.59 Å². The Morgan fingerprint density at radius 1 is 0.944 bits per heavy atom. The number of ether oxygens (including phenoxy) is 4. The monoisotopic (exact) mass is 494 g/mol. The summed E-state index contributed by atoms with van der Waals surface area (Å²) in [5.41, 5.74) is 1.14. The molecule has 3 rings (SSSR count). The molecule has 1 N–H and O–H groups in total. The molecule has 36 heavy (non-hydrogen) atoms. The van der Waals surface area contributed by atoms with Crippen LogP contribution in [0.25, 0.3) is 0 Å². The minimum absolute atomic E-state index is 0.101. The third kappa shape index (κ3) is 7.36. The summed E-state index contributed by atoms with van der Waals surface area (Å²) < 4.78 is 23.4. The van der Waals surface area contributed by atoms with Gasteiger partial charge in [-0.25, -0.2) is 4.79 Å². The van der Waals surface area contributed by atoms with Crippen molar-refractivity contribution < 1.29 is 28.5 Å². The number of carbonyl (C=O) groups is 2. The van der Waals surface area contributed by atoms with Crippen LogP contribution < -0.4 is 25.0 Å². The maximum Gasteiger partial charge on any atom is 0.338 e. The molecule has 9 nitrogen and oxygen atoms in total. The Labute approximate surface area is 209 Å². The molecule has 190 valence electrons. The van der Waals surface area contributed by atoms with Crippen LogP contribution in [0.1, 0.15) is 29.9 Å². The molecule has 0 spiro atoms. The zero-order valence-corrected chi connectivity index (χ0v) is 20.8. The van der Waals surface area contributed by atoms with Gasteiger partial charge in [-0.05, 0) is 69.3 Å². The Kier molecular flexibility index (Phi) is 9.10. The van der Waals surface area contributed by atoms with Gasteiger partial charge in [-0.1, -0.05) is 0 Å². The van der Waals surface area contributed by atoms with Crippen LogP contribution >= 0.6 is 0 Å². The van der Waals surface area contributed by atoms with E-state index in [9.17, 15) is 14.4 Å². The Morgan fingerprint density at radius 3 is 2.25 bits per heavy atom. The van der Waals surface area contributed by atoms with Gasteiger partial charge in [-0.15, -0.1) is 0 Å². The molecule has 9 heteroatoms. The molecule has 0 saturated carbocycles. The molecule has 0 radical (unpaired) electrons. The van der Waals surface area contributed by atoms with Crippen LogP contribution in [0.4, 0.5) is 5.69 Å². The van der Waals surface area contributed by atoms with Crippen molar-refractivity contribution in [3.8, 4) is 17.2 Å². The molecule has 0 aliphatic heterocycles. The molecule has 1 aromatic heterocycles. The van der Waals surface area contributed by atoms with E-state index in [1.54, 1.807) is 58.3 Å². The van der Waals surface area contributed by atoms with Crippen molar-refractivity contribution in [3.63, 3.8) is 0 Å². The van der Waals surface area contributed by atoms with Crippen molar-refractivity contribution in [1.29, 1.82) is 0 Å². The SMILES string of the molecule is COc1ccc(OCCn2ccc(=O)c(OCC(=O)Nc3ccc(C(=O)OC(C)C)cc3)c2C)cc1. The summed E-state index contributed by atoms with van der Waals surface area (Å²) in [6.07, 6.45) is 1.44. The second kappa shape index (κ2) is 12.4. The second-order valence-electron chi connectivity index (χ2n) is 8.18. The second-order valence-corrected chi connectivity index (χ2v) is 8.18. The van der Waals surface area contributed by atoms with Gasteiger partial charge < -0.3 is 28.8 Å². The van der Waals surface area contributed by atoms with Crippen LogP contribution in [0.3, 0.4) is 0 Å². The van der Waals surface area contributed by atoms with Gasteiger partial charge in [0.15, 0.2) is 12.4 Å². The summed E-state index contributed by atoms with van der Waals surface area (Å²) in [5.74, 6) is 0.671. The quantitative estimate of drug-likeness (QED) is 0.404. The summed E-state index contributed by atoms with van der Waals surface area (Å²) in [5, 5.41) is 2.68. The number of rotatable bonds is 11. The average molecular weight is 495 g/mol. The number of methoxy groups -OCH3 is 1. The number of aromatic nitrogens is 1. The van der Waals surface area contributed by atoms with E-state index in [-0.39, 0.29) is 23.9 Å². The van der Waals surface area contributed by atoms with Gasteiger partial charge in [0.1, 0.15) is 18.1 Å².